The highest BCUT2D eigenvalue weighted by molar-refractivity contribution is 9.10. The molecule has 3 nitrogen and oxygen atoms in total. The van der Waals surface area contributed by atoms with Gasteiger partial charge in [0.25, 0.3) is 0 Å². The number of phenols is 2. The van der Waals surface area contributed by atoms with Crippen LogP contribution in [0.5, 0.6) is 11.5 Å². The van der Waals surface area contributed by atoms with Gasteiger partial charge in [-0.25, -0.2) is 0 Å². The Bertz CT molecular complexity index is 324. The van der Waals surface area contributed by atoms with Gasteiger partial charge in [-0.2, -0.15) is 0 Å². The maximum atomic E-state index is 9.38. The van der Waals surface area contributed by atoms with Crippen LogP contribution in [0.3, 0.4) is 0 Å². The molecule has 0 atom stereocenters. The lowest BCUT2D eigenvalue weighted by Gasteiger charge is -2.22. The molecule has 14 heavy (non-hydrogen) atoms. The van der Waals surface area contributed by atoms with Crippen molar-refractivity contribution in [2.45, 2.75) is 19.3 Å². The molecule has 0 bridgehead atoms. The van der Waals surface area contributed by atoms with Gasteiger partial charge in [0.15, 0.2) is 11.5 Å². The van der Waals surface area contributed by atoms with E-state index in [1.807, 2.05) is 13.8 Å². The molecule has 4 heteroatoms. The van der Waals surface area contributed by atoms with Gasteiger partial charge in [0.2, 0.25) is 0 Å². The summed E-state index contributed by atoms with van der Waals surface area (Å²) in [5.74, 6) is -0.363. The van der Waals surface area contributed by atoms with Crippen LogP contribution in [0.4, 0.5) is 0 Å². The molecule has 0 aliphatic heterocycles. The molecule has 0 fully saturated rings. The van der Waals surface area contributed by atoms with Crippen molar-refractivity contribution in [3.05, 3.63) is 22.2 Å². The van der Waals surface area contributed by atoms with Gasteiger partial charge in [-0.15, -0.1) is 0 Å². The van der Waals surface area contributed by atoms with Crippen LogP contribution >= 0.6 is 15.9 Å². The summed E-state index contributed by atoms with van der Waals surface area (Å²) in [7, 11) is 0. The molecule has 0 spiro atoms. The zero-order valence-corrected chi connectivity index (χ0v) is 9.67. The van der Waals surface area contributed by atoms with E-state index in [-0.39, 0.29) is 18.1 Å². The Morgan fingerprint density at radius 3 is 2.29 bits per heavy atom. The number of hydrogen-bond acceptors (Lipinski definition) is 3. The smallest absolute Gasteiger partial charge is 0.171 e. The number of benzene rings is 1. The molecule has 1 rings (SSSR count). The zero-order valence-electron chi connectivity index (χ0n) is 8.08. The maximum absolute atomic E-state index is 9.38. The minimum absolute atomic E-state index is 0.0242. The number of aliphatic hydroxyl groups is 1. The fraction of sp³-hybridized carbons (Fsp3) is 0.400. The summed E-state index contributed by atoms with van der Waals surface area (Å²) in [6.07, 6.45) is 0. The largest absolute Gasteiger partial charge is 0.504 e. The van der Waals surface area contributed by atoms with E-state index in [4.69, 9.17) is 5.11 Å². The van der Waals surface area contributed by atoms with Crippen molar-refractivity contribution in [2.24, 2.45) is 0 Å². The summed E-state index contributed by atoms with van der Waals surface area (Å²) in [5.41, 5.74) is 0.329. The van der Waals surface area contributed by atoms with Crippen LogP contribution in [0, 0.1) is 0 Å². The fourth-order valence-electron chi connectivity index (χ4n) is 1.07. The predicted molar refractivity (Wildman–Crippen MR) is 57.6 cm³/mol. The Hall–Kier alpha value is -0.740. The van der Waals surface area contributed by atoms with E-state index in [0.717, 1.165) is 5.56 Å². The third-order valence-corrected chi connectivity index (χ3v) is 2.82. The third kappa shape index (κ3) is 2.01. The van der Waals surface area contributed by atoms with Crippen molar-refractivity contribution in [2.75, 3.05) is 6.61 Å². The fourth-order valence-corrected chi connectivity index (χ4v) is 1.52. The van der Waals surface area contributed by atoms with Gasteiger partial charge in [0.1, 0.15) is 0 Å². The highest BCUT2D eigenvalue weighted by atomic mass is 79.9. The Labute approximate surface area is 91.1 Å². The summed E-state index contributed by atoms with van der Waals surface area (Å²) in [6.45, 7) is 3.68. The predicted octanol–water partition coefficient (Wildman–Crippen LogP) is 2.13. The van der Waals surface area contributed by atoms with Crippen LogP contribution < -0.4 is 0 Å². The first-order chi connectivity index (χ1) is 6.38. The van der Waals surface area contributed by atoms with Gasteiger partial charge >= 0.3 is 0 Å². The maximum Gasteiger partial charge on any atom is 0.171 e. The number of aliphatic hydroxyl groups excluding tert-OH is 1. The quantitative estimate of drug-likeness (QED) is 0.715. The average molecular weight is 261 g/mol. The van der Waals surface area contributed by atoms with E-state index in [1.165, 1.54) is 6.07 Å². The summed E-state index contributed by atoms with van der Waals surface area (Å²) in [6, 6.07) is 3.14. The van der Waals surface area contributed by atoms with E-state index in [0.29, 0.717) is 4.47 Å². The van der Waals surface area contributed by atoms with Crippen LogP contribution in [0.1, 0.15) is 19.4 Å². The normalized spacial score (nSPS) is 11.7. The summed E-state index contributed by atoms with van der Waals surface area (Å²) in [4.78, 5) is 0. The summed E-state index contributed by atoms with van der Waals surface area (Å²) >= 11 is 3.13. The first kappa shape index (κ1) is 11.3. The van der Waals surface area contributed by atoms with E-state index in [1.54, 1.807) is 6.07 Å². The molecular weight excluding hydrogens is 248 g/mol. The third-order valence-electron chi connectivity index (χ3n) is 2.22. The monoisotopic (exact) mass is 260 g/mol. The number of phenolic OH excluding ortho intramolecular Hbond substituents is 2. The molecule has 0 saturated carbocycles. The van der Waals surface area contributed by atoms with Gasteiger partial charge < -0.3 is 15.3 Å². The molecule has 78 valence electrons. The summed E-state index contributed by atoms with van der Waals surface area (Å²) in [5, 5.41) is 27.8. The second kappa shape index (κ2) is 3.79. The Balaban J connectivity index is 3.26. The summed E-state index contributed by atoms with van der Waals surface area (Å²) < 4.78 is 0.425. The number of hydrogen-bond donors (Lipinski definition) is 3. The lowest BCUT2D eigenvalue weighted by atomic mass is 9.85. The Morgan fingerprint density at radius 2 is 1.86 bits per heavy atom. The standard InChI is InChI=1S/C10H13BrO3/c1-10(2,5-12)6-3-7(11)9(14)8(13)4-6/h3-4,12-14H,5H2,1-2H3. The van der Waals surface area contributed by atoms with Gasteiger partial charge in [-0.3, -0.25) is 0 Å². The number of rotatable bonds is 2. The topological polar surface area (TPSA) is 60.7 Å². The number of halogens is 1. The minimum atomic E-state index is -0.437. The van der Waals surface area contributed by atoms with Crippen molar-refractivity contribution < 1.29 is 15.3 Å². The van der Waals surface area contributed by atoms with Crippen molar-refractivity contribution in [1.82, 2.24) is 0 Å². The highest BCUT2D eigenvalue weighted by Crippen LogP contribution is 2.37. The Morgan fingerprint density at radius 1 is 1.29 bits per heavy atom. The number of aromatic hydroxyl groups is 2. The van der Waals surface area contributed by atoms with Crippen LogP contribution in [0.15, 0.2) is 16.6 Å². The average Bonchev–Trinajstić information content (AvgIpc) is 2.13. The van der Waals surface area contributed by atoms with Crippen LogP contribution in [0.2, 0.25) is 0 Å². The lowest BCUT2D eigenvalue weighted by molar-refractivity contribution is 0.218. The van der Waals surface area contributed by atoms with Crippen molar-refractivity contribution in [3.8, 4) is 11.5 Å². The first-order valence-electron chi connectivity index (χ1n) is 4.21. The SMILES string of the molecule is CC(C)(CO)c1cc(O)c(O)c(Br)c1. The van der Waals surface area contributed by atoms with Crippen LogP contribution in [-0.4, -0.2) is 21.9 Å². The van der Waals surface area contributed by atoms with E-state index >= 15 is 0 Å². The molecule has 0 aliphatic rings. The van der Waals surface area contributed by atoms with E-state index < -0.39 is 5.41 Å². The van der Waals surface area contributed by atoms with Gasteiger partial charge in [-0.1, -0.05) is 13.8 Å². The van der Waals surface area contributed by atoms with Gasteiger partial charge in [0.05, 0.1) is 11.1 Å². The van der Waals surface area contributed by atoms with Gasteiger partial charge in [0, 0.05) is 5.41 Å². The second-order valence-corrected chi connectivity index (χ2v) is 4.72. The molecule has 0 saturated heterocycles. The zero-order chi connectivity index (χ0) is 10.9. The van der Waals surface area contributed by atoms with Crippen LogP contribution in [0.25, 0.3) is 0 Å². The molecule has 1 aromatic rings. The molecule has 1 aromatic carbocycles. The molecule has 3 N–H and O–H groups in total. The second-order valence-electron chi connectivity index (χ2n) is 3.87. The van der Waals surface area contributed by atoms with Crippen molar-refractivity contribution >= 4 is 15.9 Å². The van der Waals surface area contributed by atoms with Crippen molar-refractivity contribution in [3.63, 3.8) is 0 Å². The van der Waals surface area contributed by atoms with E-state index in [2.05, 4.69) is 15.9 Å². The van der Waals surface area contributed by atoms with E-state index in [9.17, 15) is 10.2 Å². The lowest BCUT2D eigenvalue weighted by Crippen LogP contribution is -2.21. The molecule has 0 heterocycles. The molecule has 0 unspecified atom stereocenters. The molecular formula is C10H13BrO3. The van der Waals surface area contributed by atoms with Gasteiger partial charge in [-0.05, 0) is 33.6 Å². The molecule has 0 aromatic heterocycles. The van der Waals surface area contributed by atoms with Crippen LogP contribution in [-0.2, 0) is 5.41 Å². The highest BCUT2D eigenvalue weighted by Gasteiger charge is 2.21. The minimum Gasteiger partial charge on any atom is -0.504 e. The van der Waals surface area contributed by atoms with Crippen molar-refractivity contribution in [1.29, 1.82) is 0 Å². The molecule has 0 radical (unpaired) electrons. The molecule has 0 aliphatic carbocycles. The Kier molecular flexibility index (Phi) is 3.07. The molecule has 0 amide bonds. The first-order valence-corrected chi connectivity index (χ1v) is 5.00.